The summed E-state index contributed by atoms with van der Waals surface area (Å²) in [6, 6.07) is 5.96. The number of furan rings is 1. The zero-order chi connectivity index (χ0) is 18.1. The Balaban J connectivity index is 1.77. The van der Waals surface area contributed by atoms with E-state index in [1.54, 1.807) is 17.4 Å². The quantitative estimate of drug-likeness (QED) is 0.483. The summed E-state index contributed by atoms with van der Waals surface area (Å²) in [6.07, 6.45) is 10.1. The highest BCUT2D eigenvalue weighted by atomic mass is 35.5. The molecule has 0 spiro atoms. The van der Waals surface area contributed by atoms with E-state index >= 15 is 0 Å². The standard InChI is InChI=1S/C20H20ClN3OS/c1-2-13-18-20(25-19(13)14-7-3-4-8-15(14)22)16(10-17(21)24-18)23-11-12-6-5-9-26-12/h1,5-6,9-10,14-15H,3-4,7-8,11,22H2,(H,23,24)/t14-,15-/m0/s1. The van der Waals surface area contributed by atoms with Crippen molar-refractivity contribution in [3.05, 3.63) is 44.9 Å². The van der Waals surface area contributed by atoms with Crippen molar-refractivity contribution >= 4 is 39.7 Å². The SMILES string of the molecule is C#Cc1c([C@H]2CCCC[C@@H]2N)oc2c(NCc3cccs3)cc(Cl)nc12. The summed E-state index contributed by atoms with van der Waals surface area (Å²) in [5.74, 6) is 3.68. The van der Waals surface area contributed by atoms with Gasteiger partial charge in [-0.15, -0.1) is 17.8 Å². The maximum Gasteiger partial charge on any atom is 0.177 e. The van der Waals surface area contributed by atoms with Crippen LogP contribution in [0.15, 0.2) is 28.0 Å². The lowest BCUT2D eigenvalue weighted by atomic mass is 9.82. The first kappa shape index (κ1) is 17.4. The highest BCUT2D eigenvalue weighted by Crippen LogP contribution is 2.40. The van der Waals surface area contributed by atoms with Crippen LogP contribution in [-0.2, 0) is 6.54 Å². The molecular formula is C20H20ClN3OS. The normalized spacial score (nSPS) is 20.2. The minimum absolute atomic E-state index is 0.0643. The van der Waals surface area contributed by atoms with Crippen molar-refractivity contribution in [1.29, 1.82) is 0 Å². The van der Waals surface area contributed by atoms with Crippen LogP contribution in [0.25, 0.3) is 11.1 Å². The molecule has 1 aliphatic rings. The second-order valence-corrected chi connectivity index (χ2v) is 8.06. The molecule has 0 bridgehead atoms. The first-order valence-electron chi connectivity index (χ1n) is 8.78. The molecule has 1 fully saturated rings. The third kappa shape index (κ3) is 3.21. The topological polar surface area (TPSA) is 64.1 Å². The van der Waals surface area contributed by atoms with Crippen LogP contribution in [0.1, 0.15) is 47.8 Å². The number of terminal acetylenes is 1. The van der Waals surface area contributed by atoms with Crippen LogP contribution in [0.5, 0.6) is 0 Å². The van der Waals surface area contributed by atoms with Gasteiger partial charge in [0.05, 0.1) is 11.3 Å². The predicted octanol–water partition coefficient (Wildman–Crippen LogP) is 5.12. The Morgan fingerprint density at radius 2 is 2.27 bits per heavy atom. The van der Waals surface area contributed by atoms with Crippen LogP contribution in [0.2, 0.25) is 5.15 Å². The van der Waals surface area contributed by atoms with Gasteiger partial charge in [-0.3, -0.25) is 0 Å². The van der Waals surface area contributed by atoms with Crippen LogP contribution < -0.4 is 11.1 Å². The van der Waals surface area contributed by atoms with Gasteiger partial charge in [-0.25, -0.2) is 4.98 Å². The van der Waals surface area contributed by atoms with Gasteiger partial charge in [0.15, 0.2) is 5.58 Å². The Bertz CT molecular complexity index is 958. The van der Waals surface area contributed by atoms with E-state index in [4.69, 9.17) is 28.2 Å². The van der Waals surface area contributed by atoms with E-state index in [0.29, 0.717) is 28.4 Å². The van der Waals surface area contributed by atoms with E-state index in [1.165, 1.54) is 4.88 Å². The predicted molar refractivity (Wildman–Crippen MR) is 108 cm³/mol. The van der Waals surface area contributed by atoms with E-state index in [0.717, 1.165) is 37.1 Å². The molecule has 0 radical (unpaired) electrons. The Hall–Kier alpha value is -2.00. The fourth-order valence-electron chi connectivity index (χ4n) is 3.66. The van der Waals surface area contributed by atoms with E-state index in [9.17, 15) is 0 Å². The molecule has 3 N–H and O–H groups in total. The largest absolute Gasteiger partial charge is 0.455 e. The molecule has 1 aliphatic carbocycles. The molecule has 0 aromatic carbocycles. The molecule has 1 saturated carbocycles. The number of anilines is 1. The van der Waals surface area contributed by atoms with Crippen LogP contribution in [0, 0.1) is 12.3 Å². The van der Waals surface area contributed by atoms with Crippen molar-refractivity contribution in [2.24, 2.45) is 5.73 Å². The molecule has 0 saturated heterocycles. The maximum absolute atomic E-state index is 6.36. The van der Waals surface area contributed by atoms with Crippen molar-refractivity contribution in [2.75, 3.05) is 5.32 Å². The highest BCUT2D eigenvalue weighted by molar-refractivity contribution is 7.09. The number of nitrogens with two attached hydrogens (primary N) is 1. The molecule has 4 nitrogen and oxygen atoms in total. The van der Waals surface area contributed by atoms with Crippen molar-refractivity contribution in [2.45, 2.75) is 44.2 Å². The van der Waals surface area contributed by atoms with Crippen LogP contribution in [0.3, 0.4) is 0 Å². The van der Waals surface area contributed by atoms with Crippen LogP contribution >= 0.6 is 22.9 Å². The summed E-state index contributed by atoms with van der Waals surface area (Å²) < 4.78 is 6.25. The number of fused-ring (bicyclic) bond motifs is 1. The summed E-state index contributed by atoms with van der Waals surface area (Å²) >= 11 is 7.95. The molecule has 6 heteroatoms. The zero-order valence-electron chi connectivity index (χ0n) is 14.3. The molecular weight excluding hydrogens is 366 g/mol. The summed E-state index contributed by atoms with van der Waals surface area (Å²) in [6.45, 7) is 0.692. The summed E-state index contributed by atoms with van der Waals surface area (Å²) in [7, 11) is 0. The molecule has 2 atom stereocenters. The lowest BCUT2D eigenvalue weighted by Crippen LogP contribution is -2.31. The van der Waals surface area contributed by atoms with Gasteiger partial charge in [-0.05, 0) is 24.3 Å². The average Bonchev–Trinajstić information content (AvgIpc) is 3.27. The molecule has 26 heavy (non-hydrogen) atoms. The first-order valence-corrected chi connectivity index (χ1v) is 10.0. The van der Waals surface area contributed by atoms with Crippen molar-refractivity contribution < 1.29 is 4.42 Å². The van der Waals surface area contributed by atoms with E-state index in [-0.39, 0.29) is 12.0 Å². The zero-order valence-corrected chi connectivity index (χ0v) is 15.9. The summed E-state index contributed by atoms with van der Waals surface area (Å²) in [5, 5.41) is 5.85. The van der Waals surface area contributed by atoms with Gasteiger partial charge in [0.2, 0.25) is 0 Å². The van der Waals surface area contributed by atoms with E-state index < -0.39 is 0 Å². The molecule has 134 valence electrons. The number of halogens is 1. The van der Waals surface area contributed by atoms with Crippen LogP contribution in [-0.4, -0.2) is 11.0 Å². The van der Waals surface area contributed by atoms with Crippen molar-refractivity contribution in [1.82, 2.24) is 4.98 Å². The lowest BCUT2D eigenvalue weighted by molar-refractivity contribution is 0.341. The third-order valence-corrected chi connectivity index (χ3v) is 6.04. The Kier molecular flexibility index (Phi) is 4.90. The van der Waals surface area contributed by atoms with Gasteiger partial charge in [-0.2, -0.15) is 0 Å². The fourth-order valence-corrected chi connectivity index (χ4v) is 4.50. The van der Waals surface area contributed by atoms with Gasteiger partial charge in [-0.1, -0.05) is 36.4 Å². The first-order chi connectivity index (χ1) is 12.7. The molecule has 3 aromatic heterocycles. The monoisotopic (exact) mass is 385 g/mol. The number of aromatic nitrogens is 1. The van der Waals surface area contributed by atoms with Gasteiger partial charge in [0.25, 0.3) is 0 Å². The molecule has 3 aromatic rings. The Morgan fingerprint density at radius 1 is 1.42 bits per heavy atom. The third-order valence-electron chi connectivity index (χ3n) is 4.97. The number of nitrogens with zero attached hydrogens (tertiary/aromatic N) is 1. The average molecular weight is 386 g/mol. The van der Waals surface area contributed by atoms with Gasteiger partial charge in [0, 0.05) is 29.4 Å². The maximum atomic E-state index is 6.36. The van der Waals surface area contributed by atoms with Gasteiger partial charge >= 0.3 is 0 Å². The Morgan fingerprint density at radius 3 is 3.00 bits per heavy atom. The molecule has 4 rings (SSSR count). The number of thiophene rings is 1. The minimum atomic E-state index is 0.0643. The van der Waals surface area contributed by atoms with Gasteiger partial charge < -0.3 is 15.5 Å². The van der Waals surface area contributed by atoms with E-state index in [2.05, 4.69) is 27.7 Å². The number of pyridine rings is 1. The summed E-state index contributed by atoms with van der Waals surface area (Å²) in [5.41, 5.74) is 9.15. The number of hydrogen-bond donors (Lipinski definition) is 2. The molecule has 0 aliphatic heterocycles. The highest BCUT2D eigenvalue weighted by Gasteiger charge is 2.30. The number of hydrogen-bond acceptors (Lipinski definition) is 5. The number of nitrogens with one attached hydrogen (secondary N) is 1. The molecule has 3 heterocycles. The number of rotatable bonds is 4. The fraction of sp³-hybridized carbons (Fsp3) is 0.350. The summed E-state index contributed by atoms with van der Waals surface area (Å²) in [4.78, 5) is 5.67. The Labute approximate surface area is 161 Å². The second kappa shape index (κ2) is 7.32. The van der Waals surface area contributed by atoms with Crippen molar-refractivity contribution in [3.63, 3.8) is 0 Å². The van der Waals surface area contributed by atoms with Crippen LogP contribution in [0.4, 0.5) is 5.69 Å². The lowest BCUT2D eigenvalue weighted by Gasteiger charge is -2.27. The smallest absolute Gasteiger partial charge is 0.177 e. The van der Waals surface area contributed by atoms with Crippen molar-refractivity contribution in [3.8, 4) is 12.3 Å². The molecule has 0 amide bonds. The molecule has 0 unspecified atom stereocenters. The van der Waals surface area contributed by atoms with Gasteiger partial charge in [0.1, 0.15) is 16.4 Å². The van der Waals surface area contributed by atoms with E-state index in [1.807, 2.05) is 6.07 Å². The second-order valence-electron chi connectivity index (χ2n) is 6.64. The minimum Gasteiger partial charge on any atom is -0.455 e.